The second-order valence-corrected chi connectivity index (χ2v) is 6.23. The molecule has 0 aliphatic heterocycles. The Balaban J connectivity index is 1.85. The lowest BCUT2D eigenvalue weighted by molar-refractivity contribution is 0.275. The first kappa shape index (κ1) is 14.0. The molecule has 0 aliphatic rings. The van der Waals surface area contributed by atoms with Crippen molar-refractivity contribution < 1.29 is 5.11 Å². The maximum Gasteiger partial charge on any atom is 0.213 e. The Morgan fingerprint density at radius 1 is 1.13 bits per heavy atom. The summed E-state index contributed by atoms with van der Waals surface area (Å²) in [5.74, 6) is 0. The van der Waals surface area contributed by atoms with Gasteiger partial charge in [-0.25, -0.2) is 9.50 Å². The minimum atomic E-state index is -0.111. The first-order chi connectivity index (χ1) is 11.3. The SMILES string of the molecule is Cc1ccc(-c2nc3sc(-c4cccnc4)nn3c2CO)cc1. The number of benzene rings is 1. The Morgan fingerprint density at radius 3 is 2.65 bits per heavy atom. The van der Waals surface area contributed by atoms with Crippen LogP contribution in [0.3, 0.4) is 0 Å². The summed E-state index contributed by atoms with van der Waals surface area (Å²) in [4.78, 5) is 9.55. The number of aromatic nitrogens is 4. The molecule has 0 amide bonds. The Hall–Kier alpha value is -2.57. The van der Waals surface area contributed by atoms with Gasteiger partial charge >= 0.3 is 0 Å². The molecule has 3 aromatic heterocycles. The monoisotopic (exact) mass is 322 g/mol. The van der Waals surface area contributed by atoms with Crippen LogP contribution in [0.5, 0.6) is 0 Å². The van der Waals surface area contributed by atoms with Gasteiger partial charge in [0.25, 0.3) is 0 Å². The number of hydrogen-bond acceptors (Lipinski definition) is 5. The van der Waals surface area contributed by atoms with Crippen LogP contribution in [0, 0.1) is 6.92 Å². The van der Waals surface area contributed by atoms with E-state index in [4.69, 9.17) is 0 Å². The zero-order valence-corrected chi connectivity index (χ0v) is 13.3. The second kappa shape index (κ2) is 5.57. The molecule has 6 heteroatoms. The van der Waals surface area contributed by atoms with Gasteiger partial charge < -0.3 is 5.11 Å². The van der Waals surface area contributed by atoms with Crippen LogP contribution < -0.4 is 0 Å². The van der Waals surface area contributed by atoms with E-state index in [0.717, 1.165) is 26.8 Å². The summed E-state index contributed by atoms with van der Waals surface area (Å²) < 4.78 is 1.72. The number of rotatable bonds is 3. The molecule has 0 atom stereocenters. The zero-order chi connectivity index (χ0) is 15.8. The molecule has 0 radical (unpaired) electrons. The predicted molar refractivity (Wildman–Crippen MR) is 90.2 cm³/mol. The summed E-state index contributed by atoms with van der Waals surface area (Å²) in [6, 6.07) is 12.0. The number of aliphatic hydroxyl groups excluding tert-OH is 1. The van der Waals surface area contributed by atoms with E-state index in [-0.39, 0.29) is 6.61 Å². The van der Waals surface area contributed by atoms with Gasteiger partial charge in [0, 0.05) is 23.5 Å². The van der Waals surface area contributed by atoms with E-state index >= 15 is 0 Å². The first-order valence-electron chi connectivity index (χ1n) is 7.23. The van der Waals surface area contributed by atoms with Crippen molar-refractivity contribution in [1.82, 2.24) is 19.6 Å². The molecule has 0 aliphatic carbocycles. The fourth-order valence-corrected chi connectivity index (χ4v) is 3.39. The molecule has 5 nitrogen and oxygen atoms in total. The smallest absolute Gasteiger partial charge is 0.213 e. The van der Waals surface area contributed by atoms with Gasteiger partial charge in [0.2, 0.25) is 4.96 Å². The van der Waals surface area contributed by atoms with Gasteiger partial charge in [0.15, 0.2) is 0 Å². The molecule has 1 aromatic carbocycles. The highest BCUT2D eigenvalue weighted by molar-refractivity contribution is 7.19. The van der Waals surface area contributed by atoms with Gasteiger partial charge in [0.1, 0.15) is 5.01 Å². The highest BCUT2D eigenvalue weighted by atomic mass is 32.1. The minimum absolute atomic E-state index is 0.111. The average Bonchev–Trinajstić information content (AvgIpc) is 3.14. The molecule has 23 heavy (non-hydrogen) atoms. The van der Waals surface area contributed by atoms with E-state index in [9.17, 15) is 5.11 Å². The Morgan fingerprint density at radius 2 is 1.96 bits per heavy atom. The molecule has 0 saturated heterocycles. The molecule has 3 heterocycles. The summed E-state index contributed by atoms with van der Waals surface area (Å²) in [5.41, 5.74) is 4.61. The maximum atomic E-state index is 9.79. The van der Waals surface area contributed by atoms with Crippen LogP contribution in [0.2, 0.25) is 0 Å². The third-order valence-electron chi connectivity index (χ3n) is 3.68. The summed E-state index contributed by atoms with van der Waals surface area (Å²) in [5, 5.41) is 15.2. The molecule has 1 N–H and O–H groups in total. The Labute approximate surface area is 136 Å². The van der Waals surface area contributed by atoms with Crippen LogP contribution in [0.4, 0.5) is 0 Å². The number of pyridine rings is 1. The van der Waals surface area contributed by atoms with Gasteiger partial charge in [-0.3, -0.25) is 4.98 Å². The number of imidazole rings is 1. The molecule has 0 bridgehead atoms. The normalized spacial score (nSPS) is 11.2. The molecule has 4 rings (SSSR count). The van der Waals surface area contributed by atoms with Crippen LogP contribution in [0.15, 0.2) is 48.8 Å². The van der Waals surface area contributed by atoms with Crippen molar-refractivity contribution in [2.45, 2.75) is 13.5 Å². The zero-order valence-electron chi connectivity index (χ0n) is 12.5. The van der Waals surface area contributed by atoms with Gasteiger partial charge in [-0.15, -0.1) is 0 Å². The number of aliphatic hydroxyl groups is 1. The van der Waals surface area contributed by atoms with Gasteiger partial charge in [-0.2, -0.15) is 5.10 Å². The lowest BCUT2D eigenvalue weighted by atomic mass is 10.1. The maximum absolute atomic E-state index is 9.79. The molecule has 0 spiro atoms. The van der Waals surface area contributed by atoms with Crippen LogP contribution in [0.1, 0.15) is 11.3 Å². The quantitative estimate of drug-likeness (QED) is 0.628. The number of hydrogen-bond donors (Lipinski definition) is 1. The largest absolute Gasteiger partial charge is 0.390 e. The van der Waals surface area contributed by atoms with E-state index in [0.29, 0.717) is 5.69 Å². The Bertz CT molecular complexity index is 958. The molecule has 114 valence electrons. The third kappa shape index (κ3) is 2.42. The minimum Gasteiger partial charge on any atom is -0.390 e. The van der Waals surface area contributed by atoms with Crippen LogP contribution >= 0.6 is 11.3 Å². The lowest BCUT2D eigenvalue weighted by Crippen LogP contribution is -1.96. The molecular formula is C17H14N4OS. The van der Waals surface area contributed by atoms with Gasteiger partial charge in [-0.05, 0) is 19.1 Å². The van der Waals surface area contributed by atoms with Gasteiger partial charge in [-0.1, -0.05) is 41.2 Å². The first-order valence-corrected chi connectivity index (χ1v) is 8.04. The van der Waals surface area contributed by atoms with E-state index in [2.05, 4.69) is 15.1 Å². The summed E-state index contributed by atoms with van der Waals surface area (Å²) in [6.45, 7) is 1.94. The summed E-state index contributed by atoms with van der Waals surface area (Å²) in [7, 11) is 0. The van der Waals surface area contributed by atoms with E-state index < -0.39 is 0 Å². The van der Waals surface area contributed by atoms with Crippen molar-refractivity contribution in [2.24, 2.45) is 0 Å². The highest BCUT2D eigenvalue weighted by Gasteiger charge is 2.17. The topological polar surface area (TPSA) is 63.3 Å². The molecular weight excluding hydrogens is 308 g/mol. The number of fused-ring (bicyclic) bond motifs is 1. The predicted octanol–water partition coefficient (Wildman–Crippen LogP) is 3.32. The molecule has 4 aromatic rings. The Kier molecular flexibility index (Phi) is 3.40. The van der Waals surface area contributed by atoms with Crippen LogP contribution in [-0.4, -0.2) is 24.7 Å². The van der Waals surface area contributed by atoms with E-state index in [1.54, 1.807) is 16.9 Å². The van der Waals surface area contributed by atoms with E-state index in [1.807, 2.05) is 43.3 Å². The summed E-state index contributed by atoms with van der Waals surface area (Å²) in [6.07, 6.45) is 3.51. The van der Waals surface area contributed by atoms with Crippen molar-refractivity contribution in [3.05, 3.63) is 60.0 Å². The van der Waals surface area contributed by atoms with Crippen molar-refractivity contribution in [1.29, 1.82) is 0 Å². The highest BCUT2D eigenvalue weighted by Crippen LogP contribution is 2.30. The fraction of sp³-hybridized carbons (Fsp3) is 0.118. The van der Waals surface area contributed by atoms with E-state index in [1.165, 1.54) is 16.9 Å². The van der Waals surface area contributed by atoms with Gasteiger partial charge in [0.05, 0.1) is 18.0 Å². The average molecular weight is 322 g/mol. The molecule has 0 fully saturated rings. The standard InChI is InChI=1S/C17H14N4OS/c1-11-4-6-12(7-5-11)15-14(10-22)21-17(19-15)23-16(20-21)13-3-2-8-18-9-13/h2-9,22H,10H2,1H3. The van der Waals surface area contributed by atoms with Crippen molar-refractivity contribution in [3.63, 3.8) is 0 Å². The number of aryl methyl sites for hydroxylation is 1. The lowest BCUT2D eigenvalue weighted by Gasteiger charge is -2.01. The van der Waals surface area contributed by atoms with Crippen molar-refractivity contribution >= 4 is 16.3 Å². The van der Waals surface area contributed by atoms with Crippen LogP contribution in [-0.2, 0) is 6.61 Å². The fourth-order valence-electron chi connectivity index (χ4n) is 2.48. The second-order valence-electron chi connectivity index (χ2n) is 5.27. The molecule has 0 saturated carbocycles. The van der Waals surface area contributed by atoms with Crippen LogP contribution in [0.25, 0.3) is 26.8 Å². The third-order valence-corrected chi connectivity index (χ3v) is 4.64. The van der Waals surface area contributed by atoms with Crippen molar-refractivity contribution in [3.8, 4) is 21.8 Å². The number of nitrogens with zero attached hydrogens (tertiary/aromatic N) is 4. The molecule has 0 unspecified atom stereocenters. The summed E-state index contributed by atoms with van der Waals surface area (Å²) >= 11 is 1.49. The van der Waals surface area contributed by atoms with Crippen molar-refractivity contribution in [2.75, 3.05) is 0 Å².